The van der Waals surface area contributed by atoms with E-state index in [9.17, 15) is 0 Å². The Bertz CT molecular complexity index is 3400. The second kappa shape index (κ2) is 17.8. The Morgan fingerprint density at radius 3 is 1.88 bits per heavy atom. The van der Waals surface area contributed by atoms with E-state index in [0.29, 0.717) is 0 Å². The van der Waals surface area contributed by atoms with Gasteiger partial charge in [-0.1, -0.05) is 134 Å². The zero-order valence-corrected chi connectivity index (χ0v) is 39.1. The van der Waals surface area contributed by atoms with E-state index in [1.807, 2.05) is 12.2 Å². The van der Waals surface area contributed by atoms with Gasteiger partial charge in [0.2, 0.25) is 0 Å². The van der Waals surface area contributed by atoms with Crippen LogP contribution < -0.4 is 19.6 Å². The normalized spacial score (nSPS) is 16.1. The van der Waals surface area contributed by atoms with E-state index in [4.69, 9.17) is 4.98 Å². The quantitative estimate of drug-likeness (QED) is 0.128. The molecule has 2 aromatic heterocycles. The van der Waals surface area contributed by atoms with Gasteiger partial charge in [0.15, 0.2) is 0 Å². The number of hydrogen-bond donors (Lipinski definition) is 0. The van der Waals surface area contributed by atoms with Crippen molar-refractivity contribution in [3.8, 4) is 0 Å². The molecule has 0 saturated carbocycles. The van der Waals surface area contributed by atoms with E-state index in [0.717, 1.165) is 108 Å². The van der Waals surface area contributed by atoms with Crippen molar-refractivity contribution in [1.29, 1.82) is 0 Å². The molecule has 7 aromatic rings. The number of rotatable bonds is 10. The molecule has 4 aliphatic rings. The number of fused-ring (bicyclic) bond motifs is 5. The van der Waals surface area contributed by atoms with Gasteiger partial charge in [-0.25, -0.2) is 4.98 Å². The van der Waals surface area contributed by atoms with Crippen molar-refractivity contribution in [2.75, 3.05) is 19.6 Å². The predicted molar refractivity (Wildman–Crippen MR) is 289 cm³/mol. The molecular weight excluding hydrogens is 857 g/mol. The fourth-order valence-electron chi connectivity index (χ4n) is 9.28. The lowest BCUT2D eigenvalue weighted by Crippen LogP contribution is -2.32. The van der Waals surface area contributed by atoms with Crippen molar-refractivity contribution in [1.82, 2.24) is 8.94 Å². The molecule has 0 atom stereocenters. The smallest absolute Gasteiger partial charge is 0.124 e. The molecule has 0 amide bonds. The zero-order chi connectivity index (χ0) is 45.4. The Morgan fingerprint density at radius 2 is 1.19 bits per heavy atom. The number of hydrogen-bond acceptors (Lipinski definition) is 7. The molecule has 67 heavy (non-hydrogen) atoms. The molecule has 0 spiro atoms. The average Bonchev–Trinajstić information content (AvgIpc) is 3.46. The van der Waals surface area contributed by atoms with Crippen molar-refractivity contribution in [3.05, 3.63) is 253 Å². The number of allylic oxidation sites excluding steroid dienone is 17. The van der Waals surface area contributed by atoms with Crippen LogP contribution in [-0.2, 0) is 0 Å². The molecular formula is C59H48N6S2. The van der Waals surface area contributed by atoms with Gasteiger partial charge in [0, 0.05) is 28.4 Å². The van der Waals surface area contributed by atoms with E-state index in [2.05, 4.69) is 245 Å². The largest absolute Gasteiger partial charge is 0.307 e. The number of benzene rings is 5. The van der Waals surface area contributed by atoms with Crippen molar-refractivity contribution >= 4 is 94.4 Å². The number of anilines is 7. The highest BCUT2D eigenvalue weighted by Crippen LogP contribution is 2.52. The summed E-state index contributed by atoms with van der Waals surface area (Å²) < 4.78 is 4.71. The molecule has 0 N–H and O–H groups in total. The number of para-hydroxylation sites is 7. The lowest BCUT2D eigenvalue weighted by molar-refractivity contribution is 1.03. The van der Waals surface area contributed by atoms with Gasteiger partial charge in [-0.3, -0.25) is 3.96 Å². The van der Waals surface area contributed by atoms with E-state index >= 15 is 0 Å². The average molecular weight is 905 g/mol. The number of aromatic nitrogens is 2. The first-order chi connectivity index (χ1) is 33.0. The Hall–Kier alpha value is -7.91. The van der Waals surface area contributed by atoms with Crippen molar-refractivity contribution in [3.63, 3.8) is 0 Å². The molecule has 0 bridgehead atoms. The molecule has 0 unspecified atom stereocenters. The van der Waals surface area contributed by atoms with Crippen molar-refractivity contribution < 1.29 is 0 Å². The molecule has 11 rings (SSSR count). The minimum atomic E-state index is 0.796. The van der Waals surface area contributed by atoms with Gasteiger partial charge in [0.25, 0.3) is 0 Å². The van der Waals surface area contributed by atoms with Crippen LogP contribution in [0.5, 0.6) is 0 Å². The second-order valence-electron chi connectivity index (χ2n) is 16.4. The third-order valence-electron chi connectivity index (χ3n) is 12.4. The van der Waals surface area contributed by atoms with Crippen LogP contribution in [0.4, 0.5) is 39.8 Å². The Kier molecular flexibility index (Phi) is 11.1. The summed E-state index contributed by atoms with van der Waals surface area (Å²) in [6, 6.07) is 41.1. The van der Waals surface area contributed by atoms with Crippen LogP contribution in [0.1, 0.15) is 31.7 Å². The van der Waals surface area contributed by atoms with E-state index in [-0.39, 0.29) is 0 Å². The lowest BCUT2D eigenvalue weighted by atomic mass is 10.0. The molecule has 2 aliphatic carbocycles. The summed E-state index contributed by atoms with van der Waals surface area (Å²) in [6.45, 7) is 12.6. The van der Waals surface area contributed by atoms with Gasteiger partial charge in [0.1, 0.15) is 5.01 Å². The molecule has 0 radical (unpaired) electrons. The fourth-order valence-corrected chi connectivity index (χ4v) is 11.2. The summed E-state index contributed by atoms with van der Waals surface area (Å²) in [6.07, 6.45) is 34.3. The molecule has 8 heteroatoms. The Labute approximate surface area is 400 Å². The minimum absolute atomic E-state index is 0.796. The topological polar surface area (TPSA) is 30.8 Å². The van der Waals surface area contributed by atoms with Crippen LogP contribution in [0, 0.1) is 0 Å². The first-order valence-electron chi connectivity index (χ1n) is 22.6. The second-order valence-corrected chi connectivity index (χ2v) is 18.4. The SMILES string of the molecule is C=C/C=C\C(=C/C)N1c2ccccc2N(C2=CCC=C(n3sc4cc5nc(C(=C)/C=C\C(=C/C)N6C7=C(C=CCC=C7)N(c7ccccc7)c7ccccc76)sc5cc43)C=C2)c2ccccc21. The van der Waals surface area contributed by atoms with Crippen LogP contribution in [0.15, 0.2) is 248 Å². The van der Waals surface area contributed by atoms with E-state index in [1.54, 1.807) is 22.9 Å². The Balaban J connectivity index is 0.859. The van der Waals surface area contributed by atoms with Crippen molar-refractivity contribution in [2.24, 2.45) is 0 Å². The molecule has 0 fully saturated rings. The summed E-state index contributed by atoms with van der Waals surface area (Å²) >= 11 is 3.45. The highest BCUT2D eigenvalue weighted by atomic mass is 32.1. The number of nitrogens with zero attached hydrogens (tertiary/aromatic N) is 6. The first-order valence-corrected chi connectivity index (χ1v) is 24.2. The monoisotopic (exact) mass is 904 g/mol. The maximum absolute atomic E-state index is 5.12. The maximum atomic E-state index is 5.12. The van der Waals surface area contributed by atoms with E-state index in [1.165, 1.54) is 10.2 Å². The van der Waals surface area contributed by atoms with Gasteiger partial charge in [0.05, 0.1) is 71.6 Å². The lowest BCUT2D eigenvalue weighted by Gasteiger charge is -2.41. The molecule has 6 nitrogen and oxygen atoms in total. The van der Waals surface area contributed by atoms with Gasteiger partial charge in [-0.15, -0.1) is 11.3 Å². The Morgan fingerprint density at radius 1 is 0.597 bits per heavy atom. The third-order valence-corrected chi connectivity index (χ3v) is 14.6. The van der Waals surface area contributed by atoms with Crippen LogP contribution >= 0.6 is 22.9 Å². The molecule has 326 valence electrons. The van der Waals surface area contributed by atoms with Gasteiger partial charge < -0.3 is 19.6 Å². The molecule has 0 saturated heterocycles. The van der Waals surface area contributed by atoms with Crippen LogP contribution in [0.25, 0.3) is 31.7 Å². The molecule has 5 aromatic carbocycles. The summed E-state index contributed by atoms with van der Waals surface area (Å²) in [5, 5.41) is 0.913. The number of thiazole rings is 1. The van der Waals surface area contributed by atoms with Gasteiger partial charge in [-0.05, 0) is 124 Å². The fraction of sp³-hybridized carbons (Fsp3) is 0.0678. The van der Waals surface area contributed by atoms with Crippen molar-refractivity contribution in [2.45, 2.75) is 26.7 Å². The summed E-state index contributed by atoms with van der Waals surface area (Å²) in [4.78, 5) is 14.6. The maximum Gasteiger partial charge on any atom is 0.124 e. The van der Waals surface area contributed by atoms with Gasteiger partial charge in [-0.2, -0.15) is 0 Å². The van der Waals surface area contributed by atoms with Crippen LogP contribution in [-0.4, -0.2) is 8.94 Å². The highest BCUT2D eigenvalue weighted by Gasteiger charge is 2.33. The third kappa shape index (κ3) is 7.41. The molecule has 2 aliphatic heterocycles. The predicted octanol–water partition coefficient (Wildman–Crippen LogP) is 16.8. The van der Waals surface area contributed by atoms with Gasteiger partial charge >= 0.3 is 0 Å². The summed E-state index contributed by atoms with van der Waals surface area (Å²) in [5.74, 6) is 0. The molecule has 4 heterocycles. The van der Waals surface area contributed by atoms with Crippen LogP contribution in [0.3, 0.4) is 0 Å². The summed E-state index contributed by atoms with van der Waals surface area (Å²) in [5.41, 5.74) is 17.6. The standard InChI is InChI=1S/C59H48N6S2/c1-5-8-22-42(6-2)61-49-29-15-19-33-54(49)64(55-34-20-16-30-50(55)61)45-25-21-26-46(38-37-45)65-56-40-57-47(39-58(56)67-65)60-59(66-57)41(4)35-36-43(7-3)62-48-27-13-10-14-28-52(48)63(44-23-11-9-12-24-44)53-32-18-17-31-51(53)62/h5-9,11-20,22-40H,1,4,10,21H2,2-3H3/b22-8-,36-35-,42-6+,43-7+. The van der Waals surface area contributed by atoms with Crippen LogP contribution in [0.2, 0.25) is 0 Å². The zero-order valence-electron chi connectivity index (χ0n) is 37.5. The highest BCUT2D eigenvalue weighted by molar-refractivity contribution is 7.20. The summed E-state index contributed by atoms with van der Waals surface area (Å²) in [7, 11) is 0. The minimum Gasteiger partial charge on any atom is -0.307 e. The first kappa shape index (κ1) is 41.8. The van der Waals surface area contributed by atoms with E-state index < -0.39 is 0 Å².